The predicted molar refractivity (Wildman–Crippen MR) is 111 cm³/mol. The molecule has 2 aromatic heterocycles. The topological polar surface area (TPSA) is 59.8 Å². The minimum absolute atomic E-state index is 0.0210. The Bertz CT molecular complexity index is 914. The second kappa shape index (κ2) is 7.86. The van der Waals surface area contributed by atoms with E-state index in [2.05, 4.69) is 33.1 Å². The maximum absolute atomic E-state index is 12.6. The summed E-state index contributed by atoms with van der Waals surface area (Å²) in [7, 11) is 0. The van der Waals surface area contributed by atoms with Crippen LogP contribution in [0.3, 0.4) is 0 Å². The molecule has 1 N–H and O–H groups in total. The van der Waals surface area contributed by atoms with Crippen LogP contribution in [0.1, 0.15) is 38.3 Å². The van der Waals surface area contributed by atoms with Gasteiger partial charge in [-0.25, -0.2) is 0 Å². The van der Waals surface area contributed by atoms with Gasteiger partial charge < -0.3 is 5.32 Å². The number of nitrogens with one attached hydrogen (secondary N) is 1. The van der Waals surface area contributed by atoms with E-state index < -0.39 is 0 Å². The molecule has 2 heterocycles. The monoisotopic (exact) mass is 398 g/mol. The number of carbonyl (C=O) groups is 1. The zero-order valence-electron chi connectivity index (χ0n) is 15.4. The summed E-state index contributed by atoms with van der Waals surface area (Å²) < 4.78 is 2.20. The Labute approximate surface area is 167 Å². The number of benzene rings is 1. The van der Waals surface area contributed by atoms with E-state index in [1.165, 1.54) is 17.3 Å². The second-order valence-corrected chi connectivity index (χ2v) is 8.94. The molecule has 1 aromatic carbocycles. The van der Waals surface area contributed by atoms with Crippen LogP contribution in [0.15, 0.2) is 46.9 Å². The van der Waals surface area contributed by atoms with E-state index in [1.807, 2.05) is 42.6 Å². The van der Waals surface area contributed by atoms with Crippen molar-refractivity contribution in [3.63, 3.8) is 0 Å². The Hall–Kier alpha value is -2.12. The predicted octanol–water partition coefficient (Wildman–Crippen LogP) is 5.02. The maximum Gasteiger partial charge on any atom is 0.237 e. The highest BCUT2D eigenvalue weighted by Gasteiger charge is 2.31. The number of carbonyl (C=O) groups excluding carboxylic acids is 1. The molecule has 7 heteroatoms. The third kappa shape index (κ3) is 4.09. The summed E-state index contributed by atoms with van der Waals surface area (Å²) >= 11 is 3.14. The summed E-state index contributed by atoms with van der Waals surface area (Å²) in [5.41, 5.74) is 2.08. The van der Waals surface area contributed by atoms with Crippen LogP contribution in [0.5, 0.6) is 0 Å². The number of aromatic nitrogens is 3. The minimum atomic E-state index is -0.256. The number of thiophene rings is 1. The van der Waals surface area contributed by atoms with Gasteiger partial charge in [-0.2, -0.15) is 0 Å². The van der Waals surface area contributed by atoms with E-state index in [0.717, 1.165) is 40.8 Å². The van der Waals surface area contributed by atoms with Crippen LogP contribution >= 0.6 is 23.1 Å². The SMILES string of the molecule is CCc1ccc(NC(=O)C(C)Sc2nnc(-c3cccs3)n2C2CC2)cc1. The van der Waals surface area contributed by atoms with Crippen LogP contribution < -0.4 is 5.32 Å². The van der Waals surface area contributed by atoms with Gasteiger partial charge in [0.05, 0.1) is 10.1 Å². The molecule has 27 heavy (non-hydrogen) atoms. The van der Waals surface area contributed by atoms with Crippen LogP contribution in [0.2, 0.25) is 0 Å². The van der Waals surface area contributed by atoms with Crippen molar-refractivity contribution < 1.29 is 4.79 Å². The molecule has 3 aromatic rings. The van der Waals surface area contributed by atoms with Crippen molar-refractivity contribution in [2.45, 2.75) is 49.6 Å². The molecule has 0 spiro atoms. The van der Waals surface area contributed by atoms with E-state index in [-0.39, 0.29) is 11.2 Å². The number of anilines is 1. The molecular weight excluding hydrogens is 376 g/mol. The third-order valence-electron chi connectivity index (χ3n) is 4.60. The fraction of sp³-hybridized carbons (Fsp3) is 0.350. The molecule has 140 valence electrons. The van der Waals surface area contributed by atoms with Gasteiger partial charge >= 0.3 is 0 Å². The van der Waals surface area contributed by atoms with E-state index >= 15 is 0 Å². The fourth-order valence-electron chi connectivity index (χ4n) is 2.87. The molecule has 1 amide bonds. The Morgan fingerprint density at radius 3 is 2.70 bits per heavy atom. The van der Waals surface area contributed by atoms with E-state index in [1.54, 1.807) is 11.3 Å². The van der Waals surface area contributed by atoms with Gasteiger partial charge in [0, 0.05) is 11.7 Å². The Balaban J connectivity index is 1.47. The van der Waals surface area contributed by atoms with Gasteiger partial charge in [-0.1, -0.05) is 36.9 Å². The number of hydrogen-bond donors (Lipinski definition) is 1. The number of rotatable bonds is 7. The molecule has 1 aliphatic carbocycles. The molecule has 1 unspecified atom stereocenters. The highest BCUT2D eigenvalue weighted by atomic mass is 32.2. The lowest BCUT2D eigenvalue weighted by Crippen LogP contribution is -2.23. The average Bonchev–Trinajstić information content (AvgIpc) is 3.20. The zero-order chi connectivity index (χ0) is 18.8. The second-order valence-electron chi connectivity index (χ2n) is 6.68. The number of amides is 1. The van der Waals surface area contributed by atoms with Crippen LogP contribution in [0, 0.1) is 0 Å². The van der Waals surface area contributed by atoms with E-state index in [9.17, 15) is 4.79 Å². The van der Waals surface area contributed by atoms with Gasteiger partial charge in [-0.3, -0.25) is 9.36 Å². The van der Waals surface area contributed by atoms with Gasteiger partial charge in [0.1, 0.15) is 0 Å². The normalized spacial score (nSPS) is 14.9. The third-order valence-corrected chi connectivity index (χ3v) is 6.52. The smallest absolute Gasteiger partial charge is 0.237 e. The molecule has 0 saturated heterocycles. The van der Waals surface area contributed by atoms with Crippen molar-refractivity contribution in [2.75, 3.05) is 5.32 Å². The summed E-state index contributed by atoms with van der Waals surface area (Å²) in [6.45, 7) is 4.03. The van der Waals surface area contributed by atoms with Crippen molar-refractivity contribution in [3.8, 4) is 10.7 Å². The number of hydrogen-bond acceptors (Lipinski definition) is 5. The van der Waals surface area contributed by atoms with Gasteiger partial charge in [-0.15, -0.1) is 21.5 Å². The molecule has 1 aliphatic rings. The molecule has 0 aliphatic heterocycles. The van der Waals surface area contributed by atoms with Gasteiger partial charge in [0.15, 0.2) is 11.0 Å². The minimum Gasteiger partial charge on any atom is -0.325 e. The van der Waals surface area contributed by atoms with Crippen LogP contribution in [-0.2, 0) is 11.2 Å². The molecule has 5 nitrogen and oxygen atoms in total. The van der Waals surface area contributed by atoms with Crippen LogP contribution in [0.25, 0.3) is 10.7 Å². The molecule has 1 saturated carbocycles. The quantitative estimate of drug-likeness (QED) is 0.568. The van der Waals surface area contributed by atoms with Crippen molar-refractivity contribution in [2.24, 2.45) is 0 Å². The highest BCUT2D eigenvalue weighted by Crippen LogP contribution is 2.42. The van der Waals surface area contributed by atoms with Crippen LogP contribution in [0.4, 0.5) is 5.69 Å². The number of nitrogens with zero attached hydrogens (tertiary/aromatic N) is 3. The van der Waals surface area contributed by atoms with E-state index in [4.69, 9.17) is 0 Å². The standard InChI is InChI=1S/C20H22N4OS2/c1-3-14-6-8-15(9-7-14)21-19(25)13(2)27-20-23-22-18(17-5-4-12-26-17)24(20)16-10-11-16/h4-9,12-13,16H,3,10-11H2,1-2H3,(H,21,25). The Morgan fingerprint density at radius 2 is 2.07 bits per heavy atom. The Kier molecular flexibility index (Phi) is 5.31. The largest absolute Gasteiger partial charge is 0.325 e. The van der Waals surface area contributed by atoms with E-state index in [0.29, 0.717) is 6.04 Å². The maximum atomic E-state index is 12.6. The lowest BCUT2D eigenvalue weighted by molar-refractivity contribution is -0.115. The number of aryl methyl sites for hydroxylation is 1. The van der Waals surface area contributed by atoms with Crippen molar-refractivity contribution >= 4 is 34.7 Å². The average molecular weight is 399 g/mol. The van der Waals surface area contributed by atoms with Crippen molar-refractivity contribution in [3.05, 3.63) is 47.3 Å². The first-order chi connectivity index (χ1) is 13.2. The summed E-state index contributed by atoms with van der Waals surface area (Å²) in [6, 6.07) is 12.5. The fourth-order valence-corrected chi connectivity index (χ4v) is 4.50. The summed E-state index contributed by atoms with van der Waals surface area (Å²) in [6.07, 6.45) is 3.28. The highest BCUT2D eigenvalue weighted by molar-refractivity contribution is 8.00. The first-order valence-electron chi connectivity index (χ1n) is 9.21. The molecule has 1 atom stereocenters. The molecule has 1 fully saturated rings. The first kappa shape index (κ1) is 18.3. The molecular formula is C20H22N4OS2. The van der Waals surface area contributed by atoms with Gasteiger partial charge in [-0.05, 0) is 55.3 Å². The summed E-state index contributed by atoms with van der Waals surface area (Å²) in [5.74, 6) is 0.894. The molecule has 4 rings (SSSR count). The summed E-state index contributed by atoms with van der Waals surface area (Å²) in [4.78, 5) is 13.7. The summed E-state index contributed by atoms with van der Waals surface area (Å²) in [5, 5.41) is 14.4. The van der Waals surface area contributed by atoms with Crippen LogP contribution in [-0.4, -0.2) is 25.9 Å². The molecule has 0 radical (unpaired) electrons. The lowest BCUT2D eigenvalue weighted by Gasteiger charge is -2.13. The molecule has 0 bridgehead atoms. The Morgan fingerprint density at radius 1 is 1.30 bits per heavy atom. The zero-order valence-corrected chi connectivity index (χ0v) is 17.0. The van der Waals surface area contributed by atoms with Crippen molar-refractivity contribution in [1.82, 2.24) is 14.8 Å². The van der Waals surface area contributed by atoms with Gasteiger partial charge in [0.25, 0.3) is 0 Å². The lowest BCUT2D eigenvalue weighted by atomic mass is 10.1. The van der Waals surface area contributed by atoms with Crippen molar-refractivity contribution in [1.29, 1.82) is 0 Å². The number of thioether (sulfide) groups is 1. The van der Waals surface area contributed by atoms with Gasteiger partial charge in [0.2, 0.25) is 5.91 Å². The first-order valence-corrected chi connectivity index (χ1v) is 11.0.